The molecule has 1 aliphatic carbocycles. The quantitative estimate of drug-likeness (QED) is 0.650. The summed E-state index contributed by atoms with van der Waals surface area (Å²) in [5, 5.41) is 11.0. The van der Waals surface area contributed by atoms with E-state index in [2.05, 4.69) is 5.32 Å². The number of rotatable bonds is 3. The maximum Gasteiger partial charge on any atom is 0.221 e. The van der Waals surface area contributed by atoms with E-state index in [0.717, 1.165) is 0 Å². The van der Waals surface area contributed by atoms with Crippen molar-refractivity contribution in [3.05, 3.63) is 0 Å². The predicted molar refractivity (Wildman–Crippen MR) is 40.6 cm³/mol. The summed E-state index contributed by atoms with van der Waals surface area (Å²) in [6.07, 6.45) is 2.95. The Morgan fingerprint density at radius 1 is 1.82 bits per heavy atom. The number of hydrogen-bond acceptors (Lipinski definition) is 2. The first-order valence-corrected chi connectivity index (χ1v) is 3.91. The van der Waals surface area contributed by atoms with Crippen molar-refractivity contribution in [1.29, 1.82) is 5.26 Å². The highest BCUT2D eigenvalue weighted by Crippen LogP contribution is 2.32. The fraction of sp³-hybridized carbons (Fsp3) is 0.750. The highest BCUT2D eigenvalue weighted by atomic mass is 16.1. The highest BCUT2D eigenvalue weighted by Gasteiger charge is 2.24. The minimum atomic E-state index is -0.346. The van der Waals surface area contributed by atoms with Crippen molar-refractivity contribution in [2.75, 3.05) is 0 Å². The summed E-state index contributed by atoms with van der Waals surface area (Å²) >= 11 is 0. The molecule has 1 saturated carbocycles. The second-order valence-corrected chi connectivity index (χ2v) is 3.07. The van der Waals surface area contributed by atoms with Crippen LogP contribution < -0.4 is 5.32 Å². The van der Waals surface area contributed by atoms with Crippen molar-refractivity contribution >= 4 is 5.91 Å². The van der Waals surface area contributed by atoms with Crippen molar-refractivity contribution in [2.45, 2.75) is 32.2 Å². The Morgan fingerprint density at radius 3 is 2.91 bits per heavy atom. The van der Waals surface area contributed by atoms with Crippen LogP contribution in [0.4, 0.5) is 0 Å². The SMILES string of the molecule is C[C@@H](C#N)NC(=O)CC1CC1. The van der Waals surface area contributed by atoms with E-state index in [9.17, 15) is 4.79 Å². The van der Waals surface area contributed by atoms with E-state index >= 15 is 0 Å². The third-order valence-electron chi connectivity index (χ3n) is 1.74. The number of hydrogen-bond donors (Lipinski definition) is 1. The summed E-state index contributed by atoms with van der Waals surface area (Å²) in [4.78, 5) is 11.0. The average Bonchev–Trinajstić information content (AvgIpc) is 2.71. The van der Waals surface area contributed by atoms with Gasteiger partial charge in [-0.2, -0.15) is 5.26 Å². The van der Waals surface area contributed by atoms with E-state index in [1.54, 1.807) is 6.92 Å². The molecule has 1 fully saturated rings. The van der Waals surface area contributed by atoms with Crippen molar-refractivity contribution in [2.24, 2.45) is 5.92 Å². The first-order valence-electron chi connectivity index (χ1n) is 3.91. The van der Waals surface area contributed by atoms with E-state index in [0.29, 0.717) is 12.3 Å². The summed E-state index contributed by atoms with van der Waals surface area (Å²) < 4.78 is 0. The zero-order valence-corrected chi connectivity index (χ0v) is 6.63. The molecule has 1 aliphatic rings. The number of carbonyl (C=O) groups is 1. The largest absolute Gasteiger partial charge is 0.341 e. The van der Waals surface area contributed by atoms with E-state index in [1.165, 1.54) is 12.8 Å². The average molecular weight is 152 g/mol. The lowest BCUT2D eigenvalue weighted by atomic mass is 10.2. The zero-order chi connectivity index (χ0) is 8.27. The Balaban J connectivity index is 2.15. The zero-order valence-electron chi connectivity index (χ0n) is 6.63. The molecule has 0 aromatic rings. The minimum Gasteiger partial charge on any atom is -0.341 e. The van der Waals surface area contributed by atoms with Gasteiger partial charge >= 0.3 is 0 Å². The van der Waals surface area contributed by atoms with Crippen molar-refractivity contribution in [3.8, 4) is 6.07 Å². The van der Waals surface area contributed by atoms with Gasteiger partial charge in [0.15, 0.2) is 0 Å². The van der Waals surface area contributed by atoms with Gasteiger partial charge in [0.05, 0.1) is 6.07 Å². The third-order valence-corrected chi connectivity index (χ3v) is 1.74. The van der Waals surface area contributed by atoms with E-state index < -0.39 is 0 Å². The summed E-state index contributed by atoms with van der Waals surface area (Å²) in [6.45, 7) is 1.69. The summed E-state index contributed by atoms with van der Waals surface area (Å²) in [6, 6.07) is 1.61. The van der Waals surface area contributed by atoms with Crippen LogP contribution in [-0.2, 0) is 4.79 Å². The van der Waals surface area contributed by atoms with Gasteiger partial charge in [0, 0.05) is 6.42 Å². The Kier molecular flexibility index (Phi) is 2.48. The van der Waals surface area contributed by atoms with Crippen molar-refractivity contribution < 1.29 is 4.79 Å². The highest BCUT2D eigenvalue weighted by molar-refractivity contribution is 5.77. The molecule has 0 aliphatic heterocycles. The van der Waals surface area contributed by atoms with E-state index in [4.69, 9.17) is 5.26 Å². The lowest BCUT2D eigenvalue weighted by Gasteiger charge is -2.04. The minimum absolute atomic E-state index is 0.0153. The van der Waals surface area contributed by atoms with Crippen LogP contribution in [0.1, 0.15) is 26.2 Å². The molecule has 0 unspecified atom stereocenters. The second kappa shape index (κ2) is 3.38. The molecule has 1 atom stereocenters. The standard InChI is InChI=1S/C8H12N2O/c1-6(5-9)10-8(11)4-7-2-3-7/h6-7H,2-4H2,1H3,(H,10,11)/t6-/m0/s1. The van der Waals surface area contributed by atoms with Gasteiger partial charge in [-0.15, -0.1) is 0 Å². The van der Waals surface area contributed by atoms with Crippen molar-refractivity contribution in [3.63, 3.8) is 0 Å². The molecule has 0 aromatic carbocycles. The molecular formula is C8H12N2O. The fourth-order valence-corrected chi connectivity index (χ4v) is 0.917. The number of nitriles is 1. The molecule has 1 amide bonds. The number of nitrogens with zero attached hydrogens (tertiary/aromatic N) is 1. The lowest BCUT2D eigenvalue weighted by molar-refractivity contribution is -0.121. The molecule has 0 bridgehead atoms. The molecule has 1 N–H and O–H groups in total. The Hall–Kier alpha value is -1.04. The van der Waals surface area contributed by atoms with E-state index in [-0.39, 0.29) is 11.9 Å². The van der Waals surface area contributed by atoms with Crippen LogP contribution in [0.2, 0.25) is 0 Å². The van der Waals surface area contributed by atoms with Gasteiger partial charge in [0.1, 0.15) is 6.04 Å². The number of amides is 1. The van der Waals surface area contributed by atoms with Crippen LogP contribution in [0, 0.1) is 17.2 Å². The van der Waals surface area contributed by atoms with Gasteiger partial charge in [-0.1, -0.05) is 0 Å². The van der Waals surface area contributed by atoms with Crippen LogP contribution in [0.25, 0.3) is 0 Å². The number of carbonyl (C=O) groups excluding carboxylic acids is 1. The summed E-state index contributed by atoms with van der Waals surface area (Å²) in [7, 11) is 0. The second-order valence-electron chi connectivity index (χ2n) is 3.07. The van der Waals surface area contributed by atoms with Crippen LogP contribution in [0.5, 0.6) is 0 Å². The van der Waals surface area contributed by atoms with Crippen LogP contribution in [-0.4, -0.2) is 11.9 Å². The molecule has 0 saturated heterocycles. The van der Waals surface area contributed by atoms with E-state index in [1.807, 2.05) is 6.07 Å². The van der Waals surface area contributed by atoms with Crippen LogP contribution >= 0.6 is 0 Å². The topological polar surface area (TPSA) is 52.9 Å². The first-order chi connectivity index (χ1) is 5.22. The maximum atomic E-state index is 11.0. The van der Waals surface area contributed by atoms with Gasteiger partial charge in [0.2, 0.25) is 5.91 Å². The van der Waals surface area contributed by atoms with Gasteiger partial charge in [-0.05, 0) is 25.7 Å². The molecule has 0 aromatic heterocycles. The Bertz CT molecular complexity index is 191. The molecule has 0 heterocycles. The lowest BCUT2D eigenvalue weighted by Crippen LogP contribution is -2.31. The summed E-state index contributed by atoms with van der Waals surface area (Å²) in [5.74, 6) is 0.613. The Labute approximate surface area is 66.4 Å². The molecule has 11 heavy (non-hydrogen) atoms. The fourth-order valence-electron chi connectivity index (χ4n) is 0.917. The molecular weight excluding hydrogens is 140 g/mol. The monoisotopic (exact) mass is 152 g/mol. The number of nitrogens with one attached hydrogen (secondary N) is 1. The molecule has 3 heteroatoms. The van der Waals surface area contributed by atoms with Crippen LogP contribution in [0.3, 0.4) is 0 Å². The third kappa shape index (κ3) is 3.03. The van der Waals surface area contributed by atoms with Crippen molar-refractivity contribution in [1.82, 2.24) is 5.32 Å². The van der Waals surface area contributed by atoms with Gasteiger partial charge in [0.25, 0.3) is 0 Å². The first kappa shape index (κ1) is 8.06. The molecule has 1 rings (SSSR count). The maximum absolute atomic E-state index is 11.0. The normalized spacial score (nSPS) is 18.5. The summed E-state index contributed by atoms with van der Waals surface area (Å²) in [5.41, 5.74) is 0. The molecule has 0 radical (unpaired) electrons. The van der Waals surface area contributed by atoms with Gasteiger partial charge in [-0.3, -0.25) is 4.79 Å². The predicted octanol–water partition coefficient (Wildman–Crippen LogP) is 0.815. The van der Waals surface area contributed by atoms with Gasteiger partial charge < -0.3 is 5.32 Å². The Morgan fingerprint density at radius 2 is 2.45 bits per heavy atom. The molecule has 3 nitrogen and oxygen atoms in total. The molecule has 60 valence electrons. The smallest absolute Gasteiger partial charge is 0.221 e. The molecule has 0 spiro atoms. The van der Waals surface area contributed by atoms with Gasteiger partial charge in [-0.25, -0.2) is 0 Å². The van der Waals surface area contributed by atoms with Crippen LogP contribution in [0.15, 0.2) is 0 Å².